The minimum Gasteiger partial charge on any atom is -0.329 e. The number of aryl methyl sites for hydroxylation is 1. The maximum atomic E-state index is 11.9. The summed E-state index contributed by atoms with van der Waals surface area (Å²) in [6.07, 6.45) is 0. The molecule has 120 valence electrons. The highest BCUT2D eigenvalue weighted by molar-refractivity contribution is 9.10. The molecule has 0 saturated carbocycles. The van der Waals surface area contributed by atoms with Crippen molar-refractivity contribution in [3.8, 4) is 0 Å². The van der Waals surface area contributed by atoms with E-state index < -0.39 is 6.03 Å². The maximum Gasteiger partial charge on any atom is 0.319 e. The molecule has 0 spiro atoms. The molecule has 2 aromatic rings. The lowest BCUT2D eigenvalue weighted by Crippen LogP contribution is -2.35. The van der Waals surface area contributed by atoms with E-state index in [1.165, 1.54) is 0 Å². The number of hydrogen-bond donors (Lipinski definition) is 3. The number of carbonyl (C=O) groups is 2. The second-order valence-corrected chi connectivity index (χ2v) is 6.12. The molecule has 23 heavy (non-hydrogen) atoms. The van der Waals surface area contributed by atoms with Gasteiger partial charge >= 0.3 is 6.03 Å². The molecule has 0 aliphatic heterocycles. The fourth-order valence-electron chi connectivity index (χ4n) is 1.85. The first kappa shape index (κ1) is 17.3. The Morgan fingerprint density at radius 2 is 1.83 bits per heavy atom. The molecule has 0 saturated heterocycles. The summed E-state index contributed by atoms with van der Waals surface area (Å²) in [4.78, 5) is 23.6. The molecule has 0 heterocycles. The number of halogens is 2. The number of hydrogen-bond acceptors (Lipinski definition) is 2. The van der Waals surface area contributed by atoms with Crippen LogP contribution in [0.15, 0.2) is 46.9 Å². The normalized spacial score (nSPS) is 10.0. The van der Waals surface area contributed by atoms with E-state index in [0.717, 1.165) is 10.0 Å². The first-order valence-corrected chi connectivity index (χ1v) is 7.98. The van der Waals surface area contributed by atoms with Crippen molar-refractivity contribution < 1.29 is 9.59 Å². The van der Waals surface area contributed by atoms with Crippen LogP contribution < -0.4 is 16.0 Å². The van der Waals surface area contributed by atoms with E-state index in [1.54, 1.807) is 30.3 Å². The van der Waals surface area contributed by atoms with Crippen molar-refractivity contribution in [3.05, 3.63) is 57.5 Å². The van der Waals surface area contributed by atoms with Crippen molar-refractivity contribution in [1.82, 2.24) is 5.32 Å². The number of rotatable bonds is 4. The number of nitrogens with one attached hydrogen (secondary N) is 3. The van der Waals surface area contributed by atoms with Crippen LogP contribution in [0.5, 0.6) is 0 Å². The lowest BCUT2D eigenvalue weighted by atomic mass is 10.2. The molecule has 0 fully saturated rings. The predicted octanol–water partition coefficient (Wildman–Crippen LogP) is 4.17. The third-order valence-electron chi connectivity index (χ3n) is 2.99. The van der Waals surface area contributed by atoms with E-state index in [2.05, 4.69) is 31.9 Å². The lowest BCUT2D eigenvalue weighted by molar-refractivity contribution is -0.115. The summed E-state index contributed by atoms with van der Waals surface area (Å²) in [7, 11) is 0. The van der Waals surface area contributed by atoms with E-state index in [4.69, 9.17) is 11.6 Å². The molecule has 0 aromatic heterocycles. The molecule has 3 amide bonds. The smallest absolute Gasteiger partial charge is 0.319 e. The van der Waals surface area contributed by atoms with Crippen molar-refractivity contribution in [3.63, 3.8) is 0 Å². The van der Waals surface area contributed by atoms with Crippen LogP contribution in [0, 0.1) is 6.92 Å². The van der Waals surface area contributed by atoms with Gasteiger partial charge in [0.05, 0.1) is 17.3 Å². The third-order valence-corrected chi connectivity index (χ3v) is 3.82. The van der Waals surface area contributed by atoms with Crippen LogP contribution in [0.2, 0.25) is 5.02 Å². The molecule has 2 rings (SSSR count). The van der Waals surface area contributed by atoms with E-state index in [9.17, 15) is 9.59 Å². The average Bonchev–Trinajstić information content (AvgIpc) is 2.50. The van der Waals surface area contributed by atoms with Gasteiger partial charge in [-0.2, -0.15) is 0 Å². The largest absolute Gasteiger partial charge is 0.329 e. The Kier molecular flexibility index (Phi) is 6.01. The highest BCUT2D eigenvalue weighted by Gasteiger charge is 2.08. The van der Waals surface area contributed by atoms with Crippen LogP contribution in [0.3, 0.4) is 0 Å². The molecule has 0 aliphatic carbocycles. The molecule has 7 heteroatoms. The summed E-state index contributed by atoms with van der Waals surface area (Å²) in [6.45, 7) is 1.74. The van der Waals surface area contributed by atoms with Gasteiger partial charge in [0.25, 0.3) is 0 Å². The molecule has 0 atom stereocenters. The molecule has 0 aliphatic rings. The van der Waals surface area contributed by atoms with Gasteiger partial charge in [0.15, 0.2) is 0 Å². The van der Waals surface area contributed by atoms with Gasteiger partial charge in [0, 0.05) is 10.2 Å². The summed E-state index contributed by atoms with van der Waals surface area (Å²) in [6, 6.07) is 11.9. The Bertz CT molecular complexity index is 737. The standard InChI is InChI=1S/C16H15BrClN3O2/c1-10-8-11(17)6-7-13(10)20-15(22)9-19-16(23)21-14-5-3-2-4-12(14)18/h2-8H,9H2,1H3,(H,20,22)(H2,19,21,23). The van der Waals surface area contributed by atoms with E-state index in [-0.39, 0.29) is 12.5 Å². The zero-order valence-electron chi connectivity index (χ0n) is 12.3. The Hall–Kier alpha value is -2.05. The molecule has 2 aromatic carbocycles. The van der Waals surface area contributed by atoms with Gasteiger partial charge in [0.2, 0.25) is 5.91 Å². The number of urea groups is 1. The van der Waals surface area contributed by atoms with Crippen molar-refractivity contribution >= 4 is 50.8 Å². The van der Waals surface area contributed by atoms with Crippen molar-refractivity contribution in [1.29, 1.82) is 0 Å². The summed E-state index contributed by atoms with van der Waals surface area (Å²) in [5.74, 6) is -0.315. The van der Waals surface area contributed by atoms with Crippen LogP contribution in [0.1, 0.15) is 5.56 Å². The Balaban J connectivity index is 1.84. The molecule has 0 unspecified atom stereocenters. The fourth-order valence-corrected chi connectivity index (χ4v) is 2.51. The van der Waals surface area contributed by atoms with Gasteiger partial charge in [-0.15, -0.1) is 0 Å². The van der Waals surface area contributed by atoms with Crippen molar-refractivity contribution in [2.75, 3.05) is 17.2 Å². The number of benzene rings is 2. The Labute approximate surface area is 147 Å². The maximum absolute atomic E-state index is 11.9. The molecule has 0 bridgehead atoms. The number of carbonyl (C=O) groups excluding carboxylic acids is 2. The molecular weight excluding hydrogens is 382 g/mol. The highest BCUT2D eigenvalue weighted by atomic mass is 79.9. The third kappa shape index (κ3) is 5.26. The van der Waals surface area contributed by atoms with Gasteiger partial charge in [-0.05, 0) is 42.8 Å². The summed E-state index contributed by atoms with van der Waals surface area (Å²) >= 11 is 9.30. The minimum atomic E-state index is -0.499. The number of anilines is 2. The van der Waals surface area contributed by atoms with Gasteiger partial charge in [-0.3, -0.25) is 4.79 Å². The van der Waals surface area contributed by atoms with Crippen LogP contribution in [0.4, 0.5) is 16.2 Å². The van der Waals surface area contributed by atoms with Crippen LogP contribution >= 0.6 is 27.5 Å². The first-order chi connectivity index (χ1) is 11.0. The summed E-state index contributed by atoms with van der Waals surface area (Å²) in [5.41, 5.74) is 2.11. The zero-order valence-corrected chi connectivity index (χ0v) is 14.7. The van der Waals surface area contributed by atoms with Crippen LogP contribution in [-0.4, -0.2) is 18.5 Å². The van der Waals surface area contributed by atoms with E-state index in [0.29, 0.717) is 16.4 Å². The molecular formula is C16H15BrClN3O2. The number of amides is 3. The second-order valence-electron chi connectivity index (χ2n) is 4.79. The molecule has 0 radical (unpaired) electrons. The van der Waals surface area contributed by atoms with Crippen LogP contribution in [0.25, 0.3) is 0 Å². The summed E-state index contributed by atoms with van der Waals surface area (Å²) < 4.78 is 0.935. The van der Waals surface area contributed by atoms with E-state index >= 15 is 0 Å². The van der Waals surface area contributed by atoms with E-state index in [1.807, 2.05) is 19.1 Å². The first-order valence-electron chi connectivity index (χ1n) is 6.81. The number of para-hydroxylation sites is 1. The Morgan fingerprint density at radius 1 is 1.09 bits per heavy atom. The zero-order chi connectivity index (χ0) is 16.8. The van der Waals surface area contributed by atoms with Gasteiger partial charge < -0.3 is 16.0 Å². The van der Waals surface area contributed by atoms with Gasteiger partial charge in [-0.1, -0.05) is 39.7 Å². The minimum absolute atomic E-state index is 0.147. The average molecular weight is 397 g/mol. The van der Waals surface area contributed by atoms with Crippen LogP contribution in [-0.2, 0) is 4.79 Å². The second kappa shape index (κ2) is 7.99. The fraction of sp³-hybridized carbons (Fsp3) is 0.125. The predicted molar refractivity (Wildman–Crippen MR) is 96.0 cm³/mol. The lowest BCUT2D eigenvalue weighted by Gasteiger charge is -2.11. The monoisotopic (exact) mass is 395 g/mol. The quantitative estimate of drug-likeness (QED) is 0.726. The van der Waals surface area contributed by atoms with Gasteiger partial charge in [-0.25, -0.2) is 4.79 Å². The Morgan fingerprint density at radius 3 is 2.52 bits per heavy atom. The van der Waals surface area contributed by atoms with Crippen molar-refractivity contribution in [2.45, 2.75) is 6.92 Å². The van der Waals surface area contributed by atoms with Gasteiger partial charge in [0.1, 0.15) is 0 Å². The highest BCUT2D eigenvalue weighted by Crippen LogP contribution is 2.20. The summed E-state index contributed by atoms with van der Waals surface area (Å²) in [5, 5.41) is 8.23. The topological polar surface area (TPSA) is 70.2 Å². The molecule has 3 N–H and O–H groups in total. The SMILES string of the molecule is Cc1cc(Br)ccc1NC(=O)CNC(=O)Nc1ccccc1Cl. The van der Waals surface area contributed by atoms with Crippen molar-refractivity contribution in [2.24, 2.45) is 0 Å². The molecule has 5 nitrogen and oxygen atoms in total.